The van der Waals surface area contributed by atoms with E-state index in [1.165, 1.54) is 47.1 Å². The lowest BCUT2D eigenvalue weighted by molar-refractivity contribution is 0.669. The van der Waals surface area contributed by atoms with Gasteiger partial charge < -0.3 is 4.42 Å². The van der Waals surface area contributed by atoms with Crippen molar-refractivity contribution in [2.75, 3.05) is 0 Å². The molecule has 232 valence electrons. The van der Waals surface area contributed by atoms with E-state index < -0.39 is 0 Å². The Kier molecular flexibility index (Phi) is 5.80. The molecule has 11 aromatic rings. The van der Waals surface area contributed by atoms with Crippen molar-refractivity contribution < 1.29 is 4.42 Å². The molecule has 0 fully saturated rings. The zero-order valence-electron chi connectivity index (χ0n) is 26.6. The van der Waals surface area contributed by atoms with Crippen molar-refractivity contribution in [1.29, 1.82) is 0 Å². The van der Waals surface area contributed by atoms with Crippen LogP contribution in [-0.4, -0.2) is 15.0 Å². The lowest BCUT2D eigenvalue weighted by Crippen LogP contribution is -2.00. The number of fused-ring (bicyclic) bond motifs is 11. The zero-order valence-corrected chi connectivity index (χ0v) is 27.4. The van der Waals surface area contributed by atoms with Crippen molar-refractivity contribution in [2.45, 2.75) is 0 Å². The highest BCUT2D eigenvalue weighted by molar-refractivity contribution is 7.25. The highest BCUT2D eigenvalue weighted by atomic mass is 32.1. The minimum atomic E-state index is 0.605. The lowest BCUT2D eigenvalue weighted by Gasteiger charge is -2.11. The van der Waals surface area contributed by atoms with Gasteiger partial charge in [0.15, 0.2) is 17.5 Å². The van der Waals surface area contributed by atoms with Crippen LogP contribution in [0, 0.1) is 0 Å². The third-order valence-corrected chi connectivity index (χ3v) is 11.0. The lowest BCUT2D eigenvalue weighted by atomic mass is 9.96. The molecule has 0 spiro atoms. The molecule has 5 heteroatoms. The summed E-state index contributed by atoms with van der Waals surface area (Å²) in [5.74, 6) is 1.87. The third-order valence-electron chi connectivity index (χ3n) is 9.91. The number of aromatic nitrogens is 3. The number of rotatable bonds is 3. The van der Waals surface area contributed by atoms with E-state index in [9.17, 15) is 0 Å². The molecule has 3 aromatic heterocycles. The van der Waals surface area contributed by atoms with Gasteiger partial charge in [-0.05, 0) is 68.7 Å². The molecule has 0 saturated carbocycles. The van der Waals surface area contributed by atoms with Crippen molar-refractivity contribution >= 4 is 85.8 Å². The average Bonchev–Trinajstić information content (AvgIpc) is 3.74. The molecule has 0 atom stereocenters. The van der Waals surface area contributed by atoms with E-state index in [0.29, 0.717) is 17.5 Å². The molecule has 0 amide bonds. The average molecular weight is 656 g/mol. The van der Waals surface area contributed by atoms with Crippen LogP contribution in [0.1, 0.15) is 0 Å². The quantitative estimate of drug-likeness (QED) is 0.178. The van der Waals surface area contributed by atoms with Gasteiger partial charge in [-0.15, -0.1) is 11.3 Å². The minimum Gasteiger partial charge on any atom is -0.456 e. The van der Waals surface area contributed by atoms with Crippen LogP contribution in [0.4, 0.5) is 0 Å². The maximum Gasteiger partial charge on any atom is 0.164 e. The summed E-state index contributed by atoms with van der Waals surface area (Å²) in [6, 6.07) is 53.4. The Morgan fingerprint density at radius 2 is 0.860 bits per heavy atom. The Balaban J connectivity index is 1.11. The molecule has 0 bridgehead atoms. The molecule has 0 N–H and O–H groups in total. The summed E-state index contributed by atoms with van der Waals surface area (Å²) in [6.07, 6.45) is 0. The monoisotopic (exact) mass is 655 g/mol. The molecule has 4 nitrogen and oxygen atoms in total. The topological polar surface area (TPSA) is 51.8 Å². The second-order valence-corrected chi connectivity index (χ2v) is 13.9. The number of furan rings is 1. The van der Waals surface area contributed by atoms with E-state index in [-0.39, 0.29) is 0 Å². The minimum absolute atomic E-state index is 0.605. The largest absolute Gasteiger partial charge is 0.456 e. The number of para-hydroxylation sites is 1. The van der Waals surface area contributed by atoms with Gasteiger partial charge in [-0.3, -0.25) is 0 Å². The number of benzene rings is 8. The molecule has 3 heterocycles. The van der Waals surface area contributed by atoms with Crippen LogP contribution in [0.2, 0.25) is 0 Å². The molecule has 50 heavy (non-hydrogen) atoms. The number of nitrogens with zero attached hydrogens (tertiary/aromatic N) is 3. The second-order valence-electron chi connectivity index (χ2n) is 12.8. The van der Waals surface area contributed by atoms with Crippen LogP contribution in [0.5, 0.6) is 0 Å². The van der Waals surface area contributed by atoms with Crippen LogP contribution < -0.4 is 0 Å². The summed E-state index contributed by atoms with van der Waals surface area (Å²) in [5.41, 5.74) is 4.45. The van der Waals surface area contributed by atoms with Gasteiger partial charge in [0.25, 0.3) is 0 Å². The first-order valence-corrected chi connectivity index (χ1v) is 17.5. The summed E-state index contributed by atoms with van der Waals surface area (Å²) in [4.78, 5) is 15.3. The molecular formula is C45H25N3OS. The van der Waals surface area contributed by atoms with Gasteiger partial charge >= 0.3 is 0 Å². The van der Waals surface area contributed by atoms with Crippen LogP contribution >= 0.6 is 11.3 Å². The molecular weight excluding hydrogens is 631 g/mol. The fourth-order valence-corrected chi connectivity index (χ4v) is 8.61. The Labute approximate surface area is 289 Å². The zero-order chi connectivity index (χ0) is 32.8. The van der Waals surface area contributed by atoms with Gasteiger partial charge in [-0.25, -0.2) is 15.0 Å². The highest BCUT2D eigenvalue weighted by Crippen LogP contribution is 2.38. The Morgan fingerprint density at radius 1 is 0.340 bits per heavy atom. The molecule has 0 saturated heterocycles. The Hall–Kier alpha value is -6.43. The molecule has 0 unspecified atom stereocenters. The number of hydrogen-bond donors (Lipinski definition) is 0. The predicted octanol–water partition coefficient (Wildman–Crippen LogP) is 12.6. The maximum atomic E-state index is 6.26. The van der Waals surface area contributed by atoms with Gasteiger partial charge in [0.1, 0.15) is 11.2 Å². The third kappa shape index (κ3) is 4.20. The number of hydrogen-bond acceptors (Lipinski definition) is 5. The fraction of sp³-hybridized carbons (Fsp3) is 0. The summed E-state index contributed by atoms with van der Waals surface area (Å²) < 4.78 is 8.74. The van der Waals surface area contributed by atoms with E-state index in [1.54, 1.807) is 11.3 Å². The van der Waals surface area contributed by atoms with E-state index >= 15 is 0 Å². The van der Waals surface area contributed by atoms with Gasteiger partial charge in [0.2, 0.25) is 0 Å². The predicted molar refractivity (Wildman–Crippen MR) is 209 cm³/mol. The van der Waals surface area contributed by atoms with Gasteiger partial charge in [-0.2, -0.15) is 0 Å². The van der Waals surface area contributed by atoms with E-state index in [2.05, 4.69) is 127 Å². The first-order valence-electron chi connectivity index (χ1n) is 16.7. The van der Waals surface area contributed by atoms with Crippen molar-refractivity contribution in [3.05, 3.63) is 152 Å². The van der Waals surface area contributed by atoms with Gasteiger partial charge in [0, 0.05) is 47.6 Å². The molecule has 0 aliphatic rings. The SMILES string of the molecule is c1ccc2c(c1)ccc1c3ccc(-c4nc(-c5ccc6c(c5)oc5ccccc56)nc(-c5ccc6c(c5)sc5ccccc56)n4)cc3ccc21. The second kappa shape index (κ2) is 10.5. The molecule has 0 radical (unpaired) electrons. The maximum absolute atomic E-state index is 6.26. The van der Waals surface area contributed by atoms with Crippen molar-refractivity contribution in [3.63, 3.8) is 0 Å². The molecule has 0 aliphatic carbocycles. The number of thiophene rings is 1. The molecule has 0 aliphatic heterocycles. The summed E-state index contributed by atoms with van der Waals surface area (Å²) in [7, 11) is 0. The van der Waals surface area contributed by atoms with E-state index in [0.717, 1.165) is 44.0 Å². The van der Waals surface area contributed by atoms with E-state index in [4.69, 9.17) is 19.4 Å². The van der Waals surface area contributed by atoms with Crippen LogP contribution in [0.3, 0.4) is 0 Å². The van der Waals surface area contributed by atoms with Crippen molar-refractivity contribution in [1.82, 2.24) is 15.0 Å². The highest BCUT2D eigenvalue weighted by Gasteiger charge is 2.16. The Morgan fingerprint density at radius 3 is 1.66 bits per heavy atom. The standard InChI is InChI=1S/C45H25N3OS/c1-2-8-31-26(7-1)13-19-34-32-18-15-28(23-27(32)14-20-33(31)34)43-46-44(29-16-21-36-35-9-3-5-11-39(35)49-40(36)24-29)48-45(47-43)30-17-22-38-37-10-4-6-12-41(37)50-42(38)25-30/h1-25H. The summed E-state index contributed by atoms with van der Waals surface area (Å²) in [6.45, 7) is 0. The van der Waals surface area contributed by atoms with Crippen LogP contribution in [0.15, 0.2) is 156 Å². The smallest absolute Gasteiger partial charge is 0.164 e. The fourth-order valence-electron chi connectivity index (χ4n) is 7.46. The van der Waals surface area contributed by atoms with Crippen LogP contribution in [0.25, 0.3) is 109 Å². The first kappa shape index (κ1) is 27.5. The summed E-state index contributed by atoms with van der Waals surface area (Å²) >= 11 is 1.79. The van der Waals surface area contributed by atoms with Crippen molar-refractivity contribution in [2.24, 2.45) is 0 Å². The Bertz CT molecular complexity index is 3040. The van der Waals surface area contributed by atoms with Crippen LogP contribution in [-0.2, 0) is 0 Å². The summed E-state index contributed by atoms with van der Waals surface area (Å²) in [5, 5.41) is 12.0. The molecule has 11 rings (SSSR count). The normalized spacial score (nSPS) is 12.0. The molecule has 8 aromatic carbocycles. The van der Waals surface area contributed by atoms with Gasteiger partial charge in [-0.1, -0.05) is 115 Å². The van der Waals surface area contributed by atoms with Crippen molar-refractivity contribution in [3.8, 4) is 34.2 Å². The first-order chi connectivity index (χ1) is 24.7. The van der Waals surface area contributed by atoms with Gasteiger partial charge in [0.05, 0.1) is 0 Å². The van der Waals surface area contributed by atoms with E-state index in [1.807, 2.05) is 24.3 Å².